The van der Waals surface area contributed by atoms with Gasteiger partial charge in [0.15, 0.2) is 0 Å². The Morgan fingerprint density at radius 3 is 3.11 bits per heavy atom. The van der Waals surface area contributed by atoms with Gasteiger partial charge in [0.25, 0.3) is 0 Å². The highest BCUT2D eigenvalue weighted by Crippen LogP contribution is 2.11. The van der Waals surface area contributed by atoms with Gasteiger partial charge in [0.2, 0.25) is 5.88 Å². The van der Waals surface area contributed by atoms with Gasteiger partial charge in [-0.15, -0.1) is 0 Å². The summed E-state index contributed by atoms with van der Waals surface area (Å²) in [5.41, 5.74) is 0. The molecule has 6 nitrogen and oxygen atoms in total. The Bertz CT molecular complexity index is 472. The number of hydrogen-bond acceptors (Lipinski definition) is 5. The maximum atomic E-state index is 5.46. The summed E-state index contributed by atoms with van der Waals surface area (Å²) in [6, 6.07) is 3.75. The van der Waals surface area contributed by atoms with E-state index in [1.807, 2.05) is 23.0 Å². The Balaban J connectivity index is 1.73. The van der Waals surface area contributed by atoms with Gasteiger partial charge < -0.3 is 10.1 Å². The van der Waals surface area contributed by atoms with Crippen molar-refractivity contribution < 1.29 is 4.74 Å². The second kappa shape index (κ2) is 7.35. The lowest BCUT2D eigenvalue weighted by Gasteiger charge is -2.07. The smallest absolute Gasteiger partial charge is 0.218 e. The minimum absolute atomic E-state index is 0.617. The molecular formula is C13H19N5O. The zero-order valence-electron chi connectivity index (χ0n) is 11.1. The number of nitrogens with one attached hydrogen (secondary N) is 1. The molecule has 0 amide bonds. The first kappa shape index (κ1) is 13.3. The molecule has 0 unspecified atom stereocenters. The van der Waals surface area contributed by atoms with Crippen LogP contribution in [-0.2, 0) is 6.54 Å². The number of hydrogen-bond donors (Lipinski definition) is 1. The van der Waals surface area contributed by atoms with Crippen LogP contribution in [0, 0.1) is 0 Å². The first-order chi connectivity index (χ1) is 9.38. The largest absolute Gasteiger partial charge is 0.478 e. The summed E-state index contributed by atoms with van der Waals surface area (Å²) in [5.74, 6) is 1.41. The Kier molecular flexibility index (Phi) is 5.16. The molecular weight excluding hydrogens is 242 g/mol. The second-order valence-electron chi connectivity index (χ2n) is 4.14. The van der Waals surface area contributed by atoms with Crippen LogP contribution in [0.1, 0.15) is 19.8 Å². The van der Waals surface area contributed by atoms with E-state index in [9.17, 15) is 0 Å². The number of anilines is 1. The molecule has 0 saturated heterocycles. The molecule has 19 heavy (non-hydrogen) atoms. The van der Waals surface area contributed by atoms with E-state index in [-0.39, 0.29) is 0 Å². The van der Waals surface area contributed by atoms with Crippen LogP contribution < -0.4 is 10.1 Å². The highest BCUT2D eigenvalue weighted by Gasteiger charge is 1.99. The van der Waals surface area contributed by atoms with Gasteiger partial charge in [0.1, 0.15) is 12.1 Å². The molecule has 0 aromatic carbocycles. The topological polar surface area (TPSA) is 64.9 Å². The number of nitrogens with zero attached hydrogens (tertiary/aromatic N) is 4. The molecule has 0 aliphatic heterocycles. The van der Waals surface area contributed by atoms with E-state index in [1.54, 1.807) is 6.20 Å². The molecule has 0 radical (unpaired) electrons. The minimum atomic E-state index is 0.617. The molecule has 0 aliphatic carbocycles. The van der Waals surface area contributed by atoms with Gasteiger partial charge in [-0.3, -0.25) is 4.68 Å². The molecule has 2 aromatic heterocycles. The lowest BCUT2D eigenvalue weighted by molar-refractivity contribution is 0.305. The molecule has 0 aliphatic rings. The van der Waals surface area contributed by atoms with E-state index >= 15 is 0 Å². The molecule has 2 aromatic rings. The van der Waals surface area contributed by atoms with Crippen LogP contribution in [0.5, 0.6) is 5.88 Å². The summed E-state index contributed by atoms with van der Waals surface area (Å²) in [4.78, 5) is 8.22. The third kappa shape index (κ3) is 4.57. The predicted octanol–water partition coefficient (Wildman–Crippen LogP) is 1.96. The van der Waals surface area contributed by atoms with Crippen LogP contribution in [0.25, 0.3) is 0 Å². The highest BCUT2D eigenvalue weighted by molar-refractivity contribution is 5.36. The average Bonchev–Trinajstić information content (AvgIpc) is 2.95. The Hall–Kier alpha value is -2.11. The van der Waals surface area contributed by atoms with Gasteiger partial charge in [-0.1, -0.05) is 6.92 Å². The third-order valence-electron chi connectivity index (χ3n) is 2.53. The van der Waals surface area contributed by atoms with E-state index in [2.05, 4.69) is 27.3 Å². The number of ether oxygens (including phenoxy) is 1. The lowest BCUT2D eigenvalue weighted by atomic mass is 10.4. The monoisotopic (exact) mass is 261 g/mol. The Morgan fingerprint density at radius 1 is 1.37 bits per heavy atom. The molecule has 0 atom stereocenters. The number of aryl methyl sites for hydroxylation is 1. The molecule has 0 fully saturated rings. The van der Waals surface area contributed by atoms with Crippen molar-refractivity contribution in [2.45, 2.75) is 26.3 Å². The van der Waals surface area contributed by atoms with Crippen molar-refractivity contribution in [2.24, 2.45) is 0 Å². The molecule has 6 heteroatoms. The second-order valence-corrected chi connectivity index (χ2v) is 4.14. The van der Waals surface area contributed by atoms with Gasteiger partial charge in [0.05, 0.1) is 6.61 Å². The first-order valence-electron chi connectivity index (χ1n) is 6.54. The number of rotatable bonds is 8. The summed E-state index contributed by atoms with van der Waals surface area (Å²) < 4.78 is 7.37. The molecule has 2 rings (SSSR count). The molecule has 2 heterocycles. The van der Waals surface area contributed by atoms with Crippen LogP contribution >= 0.6 is 0 Å². The minimum Gasteiger partial charge on any atom is -0.478 e. The Morgan fingerprint density at radius 2 is 2.32 bits per heavy atom. The van der Waals surface area contributed by atoms with Gasteiger partial charge in [0, 0.05) is 31.5 Å². The van der Waals surface area contributed by atoms with Crippen molar-refractivity contribution in [3.8, 4) is 5.88 Å². The molecule has 1 N–H and O–H groups in total. The fourth-order valence-electron chi connectivity index (χ4n) is 1.61. The maximum absolute atomic E-state index is 5.46. The van der Waals surface area contributed by atoms with Crippen molar-refractivity contribution in [1.82, 2.24) is 19.7 Å². The van der Waals surface area contributed by atoms with Crippen LogP contribution in [0.15, 0.2) is 30.9 Å². The van der Waals surface area contributed by atoms with E-state index < -0.39 is 0 Å². The van der Waals surface area contributed by atoms with Crippen LogP contribution in [-0.4, -0.2) is 32.9 Å². The van der Waals surface area contributed by atoms with Crippen molar-refractivity contribution in [3.63, 3.8) is 0 Å². The fraction of sp³-hybridized carbons (Fsp3) is 0.462. The SMILES string of the molecule is CCCOc1cc(NCCCn2cccn2)ncn1. The lowest BCUT2D eigenvalue weighted by Crippen LogP contribution is -2.08. The predicted molar refractivity (Wildman–Crippen MR) is 73.2 cm³/mol. The zero-order valence-corrected chi connectivity index (χ0v) is 11.1. The van der Waals surface area contributed by atoms with Gasteiger partial charge in [-0.05, 0) is 18.9 Å². The average molecular weight is 261 g/mol. The van der Waals surface area contributed by atoms with Crippen LogP contribution in [0.4, 0.5) is 5.82 Å². The van der Waals surface area contributed by atoms with Gasteiger partial charge >= 0.3 is 0 Å². The van der Waals surface area contributed by atoms with Crippen molar-refractivity contribution >= 4 is 5.82 Å². The molecule has 0 spiro atoms. The maximum Gasteiger partial charge on any atom is 0.218 e. The summed E-state index contributed by atoms with van der Waals surface area (Å²) in [5, 5.41) is 7.40. The summed E-state index contributed by atoms with van der Waals surface area (Å²) >= 11 is 0. The highest BCUT2D eigenvalue weighted by atomic mass is 16.5. The quantitative estimate of drug-likeness (QED) is 0.736. The van der Waals surface area contributed by atoms with Crippen molar-refractivity contribution in [1.29, 1.82) is 0 Å². The third-order valence-corrected chi connectivity index (χ3v) is 2.53. The standard InChI is InChI=1S/C13H19N5O/c1-2-9-19-13-10-12(15-11-16-13)14-5-3-7-18-8-4-6-17-18/h4,6,8,10-11H,2-3,5,7,9H2,1H3,(H,14,15,16). The molecule has 0 saturated carbocycles. The van der Waals surface area contributed by atoms with Gasteiger partial charge in [-0.25, -0.2) is 9.97 Å². The van der Waals surface area contributed by atoms with E-state index in [0.717, 1.165) is 31.7 Å². The van der Waals surface area contributed by atoms with E-state index in [1.165, 1.54) is 6.33 Å². The zero-order chi connectivity index (χ0) is 13.3. The molecule has 102 valence electrons. The summed E-state index contributed by atoms with van der Waals surface area (Å²) in [6.45, 7) is 4.47. The number of aromatic nitrogens is 4. The normalized spacial score (nSPS) is 10.4. The Labute approximate surface area is 112 Å². The van der Waals surface area contributed by atoms with Crippen molar-refractivity contribution in [3.05, 3.63) is 30.9 Å². The van der Waals surface area contributed by atoms with E-state index in [0.29, 0.717) is 12.5 Å². The van der Waals surface area contributed by atoms with Gasteiger partial charge in [-0.2, -0.15) is 5.10 Å². The van der Waals surface area contributed by atoms with Crippen LogP contribution in [0.3, 0.4) is 0 Å². The van der Waals surface area contributed by atoms with Crippen molar-refractivity contribution in [2.75, 3.05) is 18.5 Å². The first-order valence-corrected chi connectivity index (χ1v) is 6.54. The summed E-state index contributed by atoms with van der Waals surface area (Å²) in [6.07, 6.45) is 7.21. The molecule has 0 bridgehead atoms. The fourth-order valence-corrected chi connectivity index (χ4v) is 1.61. The van der Waals surface area contributed by atoms with Crippen LogP contribution in [0.2, 0.25) is 0 Å². The van der Waals surface area contributed by atoms with E-state index in [4.69, 9.17) is 4.74 Å². The summed E-state index contributed by atoms with van der Waals surface area (Å²) in [7, 11) is 0.